The lowest BCUT2D eigenvalue weighted by Gasteiger charge is -2.27. The Labute approximate surface area is 130 Å². The third-order valence-electron chi connectivity index (χ3n) is 3.65. The van der Waals surface area contributed by atoms with Gasteiger partial charge in [0.05, 0.1) is 0 Å². The van der Waals surface area contributed by atoms with E-state index in [1.807, 2.05) is 6.20 Å². The highest BCUT2D eigenvalue weighted by Crippen LogP contribution is 2.15. The second-order valence-electron chi connectivity index (χ2n) is 6.31. The summed E-state index contributed by atoms with van der Waals surface area (Å²) in [6.07, 6.45) is 5.68. The number of unbranched alkanes of at least 4 members (excludes halogenated alkanes) is 2. The first-order chi connectivity index (χ1) is 9.95. The molecule has 0 aromatic carbocycles. The first-order valence-electron chi connectivity index (χ1n) is 8.28. The van der Waals surface area contributed by atoms with Gasteiger partial charge in [-0.1, -0.05) is 33.6 Å². The molecule has 4 nitrogen and oxygen atoms in total. The number of anilines is 1. The fraction of sp³-hybridized carbons (Fsp3) is 0.765. The molecule has 120 valence electrons. The van der Waals surface area contributed by atoms with Crippen LogP contribution in [0.5, 0.6) is 0 Å². The number of aromatic nitrogens is 2. The first-order valence-corrected chi connectivity index (χ1v) is 8.28. The molecule has 1 rings (SSSR count). The van der Waals surface area contributed by atoms with Crippen molar-refractivity contribution in [1.82, 2.24) is 15.3 Å². The largest absolute Gasteiger partial charge is 0.338 e. The van der Waals surface area contributed by atoms with Crippen molar-refractivity contribution in [2.75, 3.05) is 11.4 Å². The second kappa shape index (κ2) is 8.98. The van der Waals surface area contributed by atoms with E-state index in [9.17, 15) is 0 Å². The summed E-state index contributed by atoms with van der Waals surface area (Å²) in [6.45, 7) is 14.9. The zero-order valence-electron chi connectivity index (χ0n) is 14.6. The standard InChI is InChI=1S/C17H32N4/c1-7-8-9-10-21(14(4)5)17-19-12-16(15(6)20-17)11-18-13(2)3/h12-14,18H,7-11H2,1-6H3. The summed E-state index contributed by atoms with van der Waals surface area (Å²) in [5.74, 6) is 0.868. The number of rotatable bonds is 9. The van der Waals surface area contributed by atoms with E-state index in [4.69, 9.17) is 4.98 Å². The summed E-state index contributed by atoms with van der Waals surface area (Å²) in [5, 5.41) is 3.42. The monoisotopic (exact) mass is 292 g/mol. The maximum atomic E-state index is 4.73. The number of nitrogens with one attached hydrogen (secondary N) is 1. The van der Waals surface area contributed by atoms with E-state index in [1.54, 1.807) is 0 Å². The summed E-state index contributed by atoms with van der Waals surface area (Å²) in [4.78, 5) is 11.6. The molecule has 0 aliphatic carbocycles. The highest BCUT2D eigenvalue weighted by atomic mass is 15.3. The average molecular weight is 292 g/mol. The minimum absolute atomic E-state index is 0.431. The number of aryl methyl sites for hydroxylation is 1. The van der Waals surface area contributed by atoms with Crippen LogP contribution in [-0.2, 0) is 6.54 Å². The van der Waals surface area contributed by atoms with E-state index < -0.39 is 0 Å². The van der Waals surface area contributed by atoms with Gasteiger partial charge in [0.2, 0.25) is 5.95 Å². The Morgan fingerprint density at radius 3 is 2.43 bits per heavy atom. The van der Waals surface area contributed by atoms with Crippen molar-refractivity contribution < 1.29 is 0 Å². The molecule has 0 fully saturated rings. The molecule has 4 heteroatoms. The van der Waals surface area contributed by atoms with Crippen LogP contribution in [0.15, 0.2) is 6.20 Å². The van der Waals surface area contributed by atoms with Crippen LogP contribution < -0.4 is 10.2 Å². The van der Waals surface area contributed by atoms with Crippen LogP contribution in [0.25, 0.3) is 0 Å². The fourth-order valence-electron chi connectivity index (χ4n) is 2.23. The molecule has 0 unspecified atom stereocenters. The maximum absolute atomic E-state index is 4.73. The zero-order valence-corrected chi connectivity index (χ0v) is 14.6. The van der Waals surface area contributed by atoms with Gasteiger partial charge in [0.15, 0.2) is 0 Å². The van der Waals surface area contributed by atoms with Gasteiger partial charge in [-0.15, -0.1) is 0 Å². The van der Waals surface area contributed by atoms with Crippen molar-refractivity contribution in [2.45, 2.75) is 79.4 Å². The molecule has 0 aliphatic rings. The van der Waals surface area contributed by atoms with Crippen LogP contribution in [0.3, 0.4) is 0 Å². The van der Waals surface area contributed by atoms with E-state index in [0.29, 0.717) is 12.1 Å². The van der Waals surface area contributed by atoms with Crippen LogP contribution in [0.2, 0.25) is 0 Å². The van der Waals surface area contributed by atoms with Gasteiger partial charge in [-0.25, -0.2) is 9.97 Å². The molecular weight excluding hydrogens is 260 g/mol. The molecule has 0 bridgehead atoms. The Bertz CT molecular complexity index is 415. The molecule has 0 atom stereocenters. The Kier molecular flexibility index (Phi) is 7.65. The predicted octanol–water partition coefficient (Wildman–Crippen LogP) is 3.69. The molecule has 0 amide bonds. The normalized spacial score (nSPS) is 11.4. The summed E-state index contributed by atoms with van der Waals surface area (Å²) in [6, 6.07) is 0.908. The first kappa shape index (κ1) is 17.9. The lowest BCUT2D eigenvalue weighted by atomic mass is 10.2. The van der Waals surface area contributed by atoms with Crippen molar-refractivity contribution in [3.63, 3.8) is 0 Å². The van der Waals surface area contributed by atoms with Crippen molar-refractivity contribution in [1.29, 1.82) is 0 Å². The number of hydrogen-bond donors (Lipinski definition) is 1. The molecule has 1 heterocycles. The van der Waals surface area contributed by atoms with Gasteiger partial charge in [-0.2, -0.15) is 0 Å². The molecule has 0 saturated carbocycles. The van der Waals surface area contributed by atoms with Gasteiger partial charge in [0.1, 0.15) is 0 Å². The van der Waals surface area contributed by atoms with Crippen molar-refractivity contribution in [3.05, 3.63) is 17.5 Å². The molecule has 1 aromatic rings. The van der Waals surface area contributed by atoms with E-state index in [0.717, 1.165) is 24.7 Å². The van der Waals surface area contributed by atoms with Gasteiger partial charge < -0.3 is 10.2 Å². The van der Waals surface area contributed by atoms with Crippen LogP contribution >= 0.6 is 0 Å². The summed E-state index contributed by atoms with van der Waals surface area (Å²) < 4.78 is 0. The molecular formula is C17H32N4. The van der Waals surface area contributed by atoms with Crippen molar-refractivity contribution in [2.24, 2.45) is 0 Å². The van der Waals surface area contributed by atoms with E-state index in [2.05, 4.69) is 56.7 Å². The minimum Gasteiger partial charge on any atom is -0.338 e. The summed E-state index contributed by atoms with van der Waals surface area (Å²) in [5.41, 5.74) is 2.26. The third kappa shape index (κ3) is 6.00. The molecule has 21 heavy (non-hydrogen) atoms. The van der Waals surface area contributed by atoms with Gasteiger partial charge in [0, 0.05) is 42.6 Å². The van der Waals surface area contributed by atoms with Gasteiger partial charge >= 0.3 is 0 Å². The highest BCUT2D eigenvalue weighted by Gasteiger charge is 2.14. The van der Waals surface area contributed by atoms with Crippen LogP contribution in [-0.4, -0.2) is 28.6 Å². The topological polar surface area (TPSA) is 41.1 Å². The van der Waals surface area contributed by atoms with Gasteiger partial charge in [-0.3, -0.25) is 0 Å². The Balaban J connectivity index is 2.78. The Morgan fingerprint density at radius 1 is 1.19 bits per heavy atom. The average Bonchev–Trinajstić information content (AvgIpc) is 2.41. The van der Waals surface area contributed by atoms with Gasteiger partial charge in [0.25, 0.3) is 0 Å². The second-order valence-corrected chi connectivity index (χ2v) is 6.31. The molecule has 1 aromatic heterocycles. The van der Waals surface area contributed by atoms with Crippen LogP contribution in [0.4, 0.5) is 5.95 Å². The quantitative estimate of drug-likeness (QED) is 0.705. The molecule has 0 saturated heterocycles. The third-order valence-corrected chi connectivity index (χ3v) is 3.65. The predicted molar refractivity (Wildman–Crippen MR) is 90.8 cm³/mol. The van der Waals surface area contributed by atoms with Crippen molar-refractivity contribution in [3.8, 4) is 0 Å². The maximum Gasteiger partial charge on any atom is 0.225 e. The molecule has 0 spiro atoms. The summed E-state index contributed by atoms with van der Waals surface area (Å²) >= 11 is 0. The van der Waals surface area contributed by atoms with Crippen molar-refractivity contribution >= 4 is 5.95 Å². The highest BCUT2D eigenvalue weighted by molar-refractivity contribution is 5.34. The summed E-state index contributed by atoms with van der Waals surface area (Å²) in [7, 11) is 0. The number of nitrogens with zero attached hydrogens (tertiary/aromatic N) is 3. The molecule has 0 radical (unpaired) electrons. The minimum atomic E-state index is 0.431. The smallest absolute Gasteiger partial charge is 0.225 e. The molecule has 1 N–H and O–H groups in total. The van der Waals surface area contributed by atoms with Gasteiger partial charge in [-0.05, 0) is 27.2 Å². The van der Waals surface area contributed by atoms with Crippen LogP contribution in [0, 0.1) is 6.92 Å². The fourth-order valence-corrected chi connectivity index (χ4v) is 2.23. The number of hydrogen-bond acceptors (Lipinski definition) is 4. The van der Waals surface area contributed by atoms with Crippen LogP contribution in [0.1, 0.15) is 65.1 Å². The Hall–Kier alpha value is -1.16. The molecule has 0 aliphatic heterocycles. The Morgan fingerprint density at radius 2 is 1.90 bits per heavy atom. The van der Waals surface area contributed by atoms with E-state index in [1.165, 1.54) is 24.8 Å². The van der Waals surface area contributed by atoms with E-state index >= 15 is 0 Å². The SMILES string of the molecule is CCCCCN(c1ncc(CNC(C)C)c(C)n1)C(C)C. The zero-order chi connectivity index (χ0) is 15.8. The lowest BCUT2D eigenvalue weighted by molar-refractivity contribution is 0.582. The van der Waals surface area contributed by atoms with E-state index in [-0.39, 0.29) is 0 Å². The lowest BCUT2D eigenvalue weighted by Crippen LogP contribution is -2.33.